The van der Waals surface area contributed by atoms with Gasteiger partial charge in [0.2, 0.25) is 5.88 Å². The number of benzene rings is 1. The molecule has 0 aliphatic carbocycles. The monoisotopic (exact) mass is 273 g/mol. The molecular formula is C15H19N3O2. The Morgan fingerprint density at radius 3 is 2.60 bits per heavy atom. The average Bonchev–Trinajstić information content (AvgIpc) is 2.73. The Balaban J connectivity index is 2.17. The van der Waals surface area contributed by atoms with E-state index in [2.05, 4.69) is 15.8 Å². The highest BCUT2D eigenvalue weighted by Crippen LogP contribution is 2.20. The molecule has 0 saturated heterocycles. The second-order valence-electron chi connectivity index (χ2n) is 4.74. The molecular weight excluding hydrogens is 254 g/mol. The number of nitrogens with zero attached hydrogens (tertiary/aromatic N) is 1. The highest BCUT2D eigenvalue weighted by Gasteiger charge is 2.13. The molecule has 5 heteroatoms. The summed E-state index contributed by atoms with van der Waals surface area (Å²) in [7, 11) is 0. The first-order valence-electron chi connectivity index (χ1n) is 6.61. The quantitative estimate of drug-likeness (QED) is 0.897. The number of aromatic nitrogens is 1. The second-order valence-corrected chi connectivity index (χ2v) is 4.74. The van der Waals surface area contributed by atoms with Crippen LogP contribution in [0.4, 0.5) is 11.6 Å². The van der Waals surface area contributed by atoms with Crippen LogP contribution >= 0.6 is 0 Å². The van der Waals surface area contributed by atoms with Gasteiger partial charge in [0.25, 0.3) is 5.91 Å². The van der Waals surface area contributed by atoms with Crippen molar-refractivity contribution in [3.8, 4) is 0 Å². The summed E-state index contributed by atoms with van der Waals surface area (Å²) >= 11 is 0. The van der Waals surface area contributed by atoms with E-state index in [9.17, 15) is 4.79 Å². The molecule has 1 aromatic carbocycles. The minimum Gasteiger partial charge on any atom is -0.385 e. The van der Waals surface area contributed by atoms with E-state index in [1.54, 1.807) is 6.07 Å². The van der Waals surface area contributed by atoms with Crippen molar-refractivity contribution in [1.82, 2.24) is 5.16 Å². The maximum Gasteiger partial charge on any atom is 0.258 e. The van der Waals surface area contributed by atoms with Gasteiger partial charge in [-0.1, -0.05) is 5.16 Å². The Bertz CT molecular complexity index is 632. The van der Waals surface area contributed by atoms with Gasteiger partial charge in [-0.2, -0.15) is 0 Å². The van der Waals surface area contributed by atoms with Gasteiger partial charge in [0.05, 0.1) is 5.69 Å². The van der Waals surface area contributed by atoms with E-state index in [1.807, 2.05) is 39.8 Å². The number of anilines is 2. The molecule has 0 saturated carbocycles. The van der Waals surface area contributed by atoms with E-state index in [-0.39, 0.29) is 5.91 Å². The summed E-state index contributed by atoms with van der Waals surface area (Å²) in [5.74, 6) is 0.205. The standard InChI is InChI=1S/C15H19N3O2/c1-5-16-13-7-6-12(8-9(13)2)14(19)17-15-10(3)11(4)18-20-15/h6-8,16H,5H2,1-4H3,(H,17,19). The molecule has 1 amide bonds. The number of carbonyl (C=O) groups is 1. The summed E-state index contributed by atoms with van der Waals surface area (Å²) in [4.78, 5) is 12.2. The SMILES string of the molecule is CCNc1ccc(C(=O)Nc2onc(C)c2C)cc1C. The molecule has 1 heterocycles. The second kappa shape index (κ2) is 5.77. The number of amides is 1. The Kier molecular flexibility index (Phi) is 4.08. The Morgan fingerprint density at radius 2 is 2.05 bits per heavy atom. The molecule has 0 fully saturated rings. The first-order valence-corrected chi connectivity index (χ1v) is 6.61. The van der Waals surface area contributed by atoms with Crippen LogP contribution in [0.15, 0.2) is 22.7 Å². The van der Waals surface area contributed by atoms with Gasteiger partial charge >= 0.3 is 0 Å². The summed E-state index contributed by atoms with van der Waals surface area (Å²) < 4.78 is 5.09. The smallest absolute Gasteiger partial charge is 0.258 e. The third-order valence-electron chi connectivity index (χ3n) is 3.24. The normalized spacial score (nSPS) is 10.4. The zero-order valence-electron chi connectivity index (χ0n) is 12.2. The van der Waals surface area contributed by atoms with E-state index in [4.69, 9.17) is 4.52 Å². The fourth-order valence-corrected chi connectivity index (χ4v) is 1.90. The summed E-state index contributed by atoms with van der Waals surface area (Å²) in [5, 5.41) is 9.80. The van der Waals surface area contributed by atoms with Gasteiger partial charge in [-0.05, 0) is 51.5 Å². The van der Waals surface area contributed by atoms with Crippen molar-refractivity contribution >= 4 is 17.5 Å². The molecule has 0 bridgehead atoms. The molecule has 106 valence electrons. The molecule has 1 aromatic heterocycles. The Hall–Kier alpha value is -2.30. The van der Waals surface area contributed by atoms with Crippen LogP contribution in [0.25, 0.3) is 0 Å². The zero-order valence-corrected chi connectivity index (χ0v) is 12.2. The van der Waals surface area contributed by atoms with Crippen LogP contribution in [0.5, 0.6) is 0 Å². The predicted molar refractivity (Wildman–Crippen MR) is 79.3 cm³/mol. The van der Waals surface area contributed by atoms with E-state index in [1.165, 1.54) is 0 Å². The van der Waals surface area contributed by atoms with Crippen LogP contribution in [0.2, 0.25) is 0 Å². The number of hydrogen-bond acceptors (Lipinski definition) is 4. The largest absolute Gasteiger partial charge is 0.385 e. The lowest BCUT2D eigenvalue weighted by Gasteiger charge is -2.09. The van der Waals surface area contributed by atoms with Crippen LogP contribution in [0, 0.1) is 20.8 Å². The molecule has 0 aliphatic heterocycles. The lowest BCUT2D eigenvalue weighted by Crippen LogP contribution is -2.12. The van der Waals surface area contributed by atoms with Gasteiger partial charge in [-0.15, -0.1) is 0 Å². The van der Waals surface area contributed by atoms with Gasteiger partial charge in [-0.25, -0.2) is 0 Å². The van der Waals surface area contributed by atoms with E-state index in [0.717, 1.165) is 29.1 Å². The van der Waals surface area contributed by atoms with Crippen molar-refractivity contribution in [2.24, 2.45) is 0 Å². The van der Waals surface area contributed by atoms with Crippen molar-refractivity contribution in [1.29, 1.82) is 0 Å². The Morgan fingerprint density at radius 1 is 1.30 bits per heavy atom. The van der Waals surface area contributed by atoms with Crippen molar-refractivity contribution in [3.05, 3.63) is 40.6 Å². The highest BCUT2D eigenvalue weighted by atomic mass is 16.5. The van der Waals surface area contributed by atoms with Crippen LogP contribution in [-0.4, -0.2) is 17.6 Å². The highest BCUT2D eigenvalue weighted by molar-refractivity contribution is 6.04. The number of carbonyl (C=O) groups excluding carboxylic acids is 1. The molecule has 2 aromatic rings. The number of aryl methyl sites for hydroxylation is 2. The fourth-order valence-electron chi connectivity index (χ4n) is 1.90. The minimum absolute atomic E-state index is 0.199. The molecule has 0 unspecified atom stereocenters. The maximum absolute atomic E-state index is 12.2. The predicted octanol–water partition coefficient (Wildman–Crippen LogP) is 3.28. The van der Waals surface area contributed by atoms with E-state index < -0.39 is 0 Å². The number of nitrogens with one attached hydrogen (secondary N) is 2. The molecule has 0 spiro atoms. The topological polar surface area (TPSA) is 67.2 Å². The van der Waals surface area contributed by atoms with Crippen molar-refractivity contribution in [3.63, 3.8) is 0 Å². The van der Waals surface area contributed by atoms with Crippen LogP contribution in [-0.2, 0) is 0 Å². The minimum atomic E-state index is -0.199. The zero-order chi connectivity index (χ0) is 14.7. The molecule has 0 aliphatic rings. The molecule has 2 rings (SSSR count). The molecule has 0 radical (unpaired) electrons. The summed E-state index contributed by atoms with van der Waals surface area (Å²) in [5.41, 5.74) is 4.29. The number of rotatable bonds is 4. The van der Waals surface area contributed by atoms with Gasteiger partial charge in [0.1, 0.15) is 0 Å². The third kappa shape index (κ3) is 2.82. The molecule has 0 atom stereocenters. The fraction of sp³-hybridized carbons (Fsp3) is 0.333. The molecule has 20 heavy (non-hydrogen) atoms. The summed E-state index contributed by atoms with van der Waals surface area (Å²) in [6.07, 6.45) is 0. The van der Waals surface area contributed by atoms with Gasteiger partial charge in [0, 0.05) is 23.4 Å². The van der Waals surface area contributed by atoms with Gasteiger partial charge < -0.3 is 9.84 Å². The van der Waals surface area contributed by atoms with Crippen LogP contribution in [0.3, 0.4) is 0 Å². The summed E-state index contributed by atoms with van der Waals surface area (Å²) in [6, 6.07) is 5.55. The van der Waals surface area contributed by atoms with Crippen molar-refractivity contribution < 1.29 is 9.32 Å². The number of hydrogen-bond donors (Lipinski definition) is 2. The maximum atomic E-state index is 12.2. The molecule has 2 N–H and O–H groups in total. The van der Waals surface area contributed by atoms with Crippen LogP contribution < -0.4 is 10.6 Å². The Labute approximate surface area is 118 Å². The van der Waals surface area contributed by atoms with E-state index in [0.29, 0.717) is 11.4 Å². The lowest BCUT2D eigenvalue weighted by molar-refractivity contribution is 0.102. The molecule has 5 nitrogen and oxygen atoms in total. The van der Waals surface area contributed by atoms with Gasteiger partial charge in [0.15, 0.2) is 0 Å². The van der Waals surface area contributed by atoms with Crippen LogP contribution in [0.1, 0.15) is 34.1 Å². The first-order chi connectivity index (χ1) is 9.52. The first kappa shape index (κ1) is 14.1. The van der Waals surface area contributed by atoms with Crippen molar-refractivity contribution in [2.75, 3.05) is 17.2 Å². The van der Waals surface area contributed by atoms with Gasteiger partial charge in [-0.3, -0.25) is 10.1 Å². The third-order valence-corrected chi connectivity index (χ3v) is 3.24. The lowest BCUT2D eigenvalue weighted by atomic mass is 10.1. The van der Waals surface area contributed by atoms with E-state index >= 15 is 0 Å². The summed E-state index contributed by atoms with van der Waals surface area (Å²) in [6.45, 7) is 8.56. The van der Waals surface area contributed by atoms with Crippen molar-refractivity contribution in [2.45, 2.75) is 27.7 Å². The average molecular weight is 273 g/mol.